The molecule has 1 rings (SSSR count). The molecule has 0 heterocycles. The van der Waals surface area contributed by atoms with Crippen LogP contribution in [0.4, 0.5) is 5.69 Å². The molecule has 0 aliphatic heterocycles. The molecule has 5 heteroatoms. The Hall–Kier alpha value is -0.770. The number of alkyl halides is 2. The normalized spacial score (nSPS) is 11.0. The molecule has 124 valence electrons. The largest absolute Gasteiger partial charge is 0.380 e. The minimum atomic E-state index is -1.07. The lowest BCUT2D eigenvalue weighted by Crippen LogP contribution is -2.39. The number of anilines is 1. The van der Waals surface area contributed by atoms with Gasteiger partial charge < -0.3 is 9.64 Å². The molecular formula is C17H25Cl2NO2. The van der Waals surface area contributed by atoms with E-state index in [4.69, 9.17) is 27.9 Å². The van der Waals surface area contributed by atoms with Crippen LogP contribution in [-0.2, 0) is 22.4 Å². The van der Waals surface area contributed by atoms with E-state index in [1.54, 1.807) is 4.90 Å². The monoisotopic (exact) mass is 345 g/mol. The summed E-state index contributed by atoms with van der Waals surface area (Å²) in [7, 11) is 0. The highest BCUT2D eigenvalue weighted by Gasteiger charge is 2.25. The SMILES string of the molecule is CCCOCCN(C(=O)C(Cl)Cl)c1c(CC)cccc1CC. The summed E-state index contributed by atoms with van der Waals surface area (Å²) in [5, 5.41) is 0. The van der Waals surface area contributed by atoms with Crippen molar-refractivity contribution in [3.63, 3.8) is 0 Å². The maximum Gasteiger partial charge on any atom is 0.260 e. The molecule has 0 radical (unpaired) electrons. The van der Waals surface area contributed by atoms with Gasteiger partial charge in [-0.15, -0.1) is 0 Å². The summed E-state index contributed by atoms with van der Waals surface area (Å²) in [6, 6.07) is 6.11. The minimum Gasteiger partial charge on any atom is -0.380 e. The molecule has 0 saturated carbocycles. The molecule has 1 amide bonds. The van der Waals surface area contributed by atoms with Gasteiger partial charge in [0.1, 0.15) is 0 Å². The van der Waals surface area contributed by atoms with E-state index in [9.17, 15) is 4.79 Å². The van der Waals surface area contributed by atoms with Crippen LogP contribution in [0.3, 0.4) is 0 Å². The van der Waals surface area contributed by atoms with Gasteiger partial charge in [0, 0.05) is 13.2 Å². The number of benzene rings is 1. The van der Waals surface area contributed by atoms with E-state index < -0.39 is 4.84 Å². The topological polar surface area (TPSA) is 29.5 Å². The van der Waals surface area contributed by atoms with Gasteiger partial charge in [0.2, 0.25) is 0 Å². The van der Waals surface area contributed by atoms with Crippen LogP contribution in [-0.4, -0.2) is 30.5 Å². The van der Waals surface area contributed by atoms with Crippen molar-refractivity contribution < 1.29 is 9.53 Å². The Bertz CT molecular complexity index is 455. The fourth-order valence-corrected chi connectivity index (χ4v) is 2.65. The molecule has 22 heavy (non-hydrogen) atoms. The summed E-state index contributed by atoms with van der Waals surface area (Å²) in [5.41, 5.74) is 3.18. The van der Waals surface area contributed by atoms with Gasteiger partial charge in [-0.2, -0.15) is 0 Å². The van der Waals surface area contributed by atoms with Gasteiger partial charge >= 0.3 is 0 Å². The van der Waals surface area contributed by atoms with Crippen LogP contribution in [0.5, 0.6) is 0 Å². The zero-order valence-corrected chi connectivity index (χ0v) is 15.1. The second kappa shape index (κ2) is 10.1. The fourth-order valence-electron chi connectivity index (χ4n) is 2.41. The molecule has 0 bridgehead atoms. The number of ether oxygens (including phenoxy) is 1. The maximum atomic E-state index is 12.4. The number of carbonyl (C=O) groups is 1. The Morgan fingerprint density at radius 2 is 1.73 bits per heavy atom. The van der Waals surface area contributed by atoms with Crippen LogP contribution in [0.25, 0.3) is 0 Å². The van der Waals surface area contributed by atoms with E-state index in [1.807, 2.05) is 18.2 Å². The number of amides is 1. The number of nitrogens with zero attached hydrogens (tertiary/aromatic N) is 1. The summed E-state index contributed by atoms with van der Waals surface area (Å²) < 4.78 is 5.53. The molecule has 1 aromatic rings. The first-order valence-corrected chi connectivity index (χ1v) is 8.72. The highest BCUT2D eigenvalue weighted by Crippen LogP contribution is 2.28. The lowest BCUT2D eigenvalue weighted by molar-refractivity contribution is -0.117. The predicted molar refractivity (Wildman–Crippen MR) is 94.2 cm³/mol. The average molecular weight is 346 g/mol. The number of halogens is 2. The Morgan fingerprint density at radius 1 is 1.14 bits per heavy atom. The quantitative estimate of drug-likeness (QED) is 0.491. The van der Waals surface area contributed by atoms with Gasteiger partial charge in [0.25, 0.3) is 5.91 Å². The maximum absolute atomic E-state index is 12.4. The number of aryl methyl sites for hydroxylation is 2. The molecule has 0 aromatic heterocycles. The molecule has 0 saturated heterocycles. The standard InChI is InChI=1S/C17H25Cl2NO2/c1-4-11-22-12-10-20(17(21)16(18)19)15-13(5-2)8-7-9-14(15)6-3/h7-9,16H,4-6,10-12H2,1-3H3. The van der Waals surface area contributed by atoms with Crippen LogP contribution in [0.2, 0.25) is 0 Å². The van der Waals surface area contributed by atoms with E-state index in [1.165, 1.54) is 0 Å². The van der Waals surface area contributed by atoms with Crippen molar-refractivity contribution in [2.45, 2.75) is 44.9 Å². The van der Waals surface area contributed by atoms with Crippen molar-refractivity contribution in [3.05, 3.63) is 29.3 Å². The first-order valence-electron chi connectivity index (χ1n) is 7.84. The highest BCUT2D eigenvalue weighted by atomic mass is 35.5. The molecule has 3 nitrogen and oxygen atoms in total. The zero-order chi connectivity index (χ0) is 16.5. The molecule has 0 spiro atoms. The number of para-hydroxylation sites is 1. The number of rotatable bonds is 9. The highest BCUT2D eigenvalue weighted by molar-refractivity contribution is 6.54. The van der Waals surface area contributed by atoms with Gasteiger partial charge in [-0.3, -0.25) is 4.79 Å². The van der Waals surface area contributed by atoms with E-state index in [2.05, 4.69) is 20.8 Å². The number of carbonyl (C=O) groups excluding carboxylic acids is 1. The van der Waals surface area contributed by atoms with E-state index in [-0.39, 0.29) is 5.91 Å². The summed E-state index contributed by atoms with van der Waals surface area (Å²) in [5.74, 6) is -0.293. The Balaban J connectivity index is 3.11. The first-order chi connectivity index (χ1) is 10.6. The Kier molecular flexibility index (Phi) is 8.84. The molecule has 0 atom stereocenters. The van der Waals surface area contributed by atoms with Crippen LogP contribution in [0.1, 0.15) is 38.3 Å². The van der Waals surface area contributed by atoms with Gasteiger partial charge in [-0.05, 0) is 30.4 Å². The molecule has 0 fully saturated rings. The molecule has 0 unspecified atom stereocenters. The molecule has 1 aromatic carbocycles. The van der Waals surface area contributed by atoms with Gasteiger partial charge in [0.05, 0.1) is 12.3 Å². The van der Waals surface area contributed by atoms with Crippen molar-refractivity contribution in [2.24, 2.45) is 0 Å². The summed E-state index contributed by atoms with van der Waals surface area (Å²) in [4.78, 5) is 13.1. The van der Waals surface area contributed by atoms with Crippen LogP contribution < -0.4 is 4.90 Å². The molecule has 0 aliphatic rings. The van der Waals surface area contributed by atoms with Gasteiger partial charge in [-0.25, -0.2) is 0 Å². The predicted octanol–water partition coefficient (Wildman–Crippen LogP) is 4.37. The number of hydrogen-bond acceptors (Lipinski definition) is 2. The summed E-state index contributed by atoms with van der Waals surface area (Å²) in [6.07, 6.45) is 2.64. The number of hydrogen-bond donors (Lipinski definition) is 0. The third-order valence-corrected chi connectivity index (χ3v) is 3.87. The summed E-state index contributed by atoms with van der Waals surface area (Å²) in [6.45, 7) is 7.82. The Labute approximate surface area is 143 Å². The second-order valence-corrected chi connectivity index (χ2v) is 6.13. The van der Waals surface area contributed by atoms with Crippen LogP contribution in [0, 0.1) is 0 Å². The first kappa shape index (κ1) is 19.3. The van der Waals surface area contributed by atoms with Crippen molar-refractivity contribution in [1.29, 1.82) is 0 Å². The van der Waals surface area contributed by atoms with E-state index in [0.29, 0.717) is 19.8 Å². The van der Waals surface area contributed by atoms with Gasteiger partial charge in [-0.1, -0.05) is 62.2 Å². The molecule has 0 aliphatic carbocycles. The minimum absolute atomic E-state index is 0.293. The van der Waals surface area contributed by atoms with Crippen molar-refractivity contribution >= 4 is 34.8 Å². The molecule has 0 N–H and O–H groups in total. The van der Waals surface area contributed by atoms with E-state index >= 15 is 0 Å². The second-order valence-electron chi connectivity index (χ2n) is 5.03. The van der Waals surface area contributed by atoms with Crippen molar-refractivity contribution in [1.82, 2.24) is 0 Å². The average Bonchev–Trinajstić information content (AvgIpc) is 2.53. The third-order valence-electron chi connectivity index (χ3n) is 3.50. The van der Waals surface area contributed by atoms with Gasteiger partial charge in [0.15, 0.2) is 4.84 Å². The van der Waals surface area contributed by atoms with Crippen molar-refractivity contribution in [3.8, 4) is 0 Å². The lowest BCUT2D eigenvalue weighted by Gasteiger charge is -2.28. The van der Waals surface area contributed by atoms with Crippen molar-refractivity contribution in [2.75, 3.05) is 24.7 Å². The smallest absolute Gasteiger partial charge is 0.260 e. The summed E-state index contributed by atoms with van der Waals surface area (Å²) >= 11 is 11.7. The Morgan fingerprint density at radius 3 is 2.18 bits per heavy atom. The van der Waals surface area contributed by atoms with E-state index in [0.717, 1.165) is 36.1 Å². The molecular weight excluding hydrogens is 321 g/mol. The third kappa shape index (κ3) is 5.15. The zero-order valence-electron chi connectivity index (χ0n) is 13.6. The lowest BCUT2D eigenvalue weighted by atomic mass is 10.0. The van der Waals surface area contributed by atoms with Crippen LogP contribution in [0.15, 0.2) is 18.2 Å². The van der Waals surface area contributed by atoms with Crippen LogP contribution >= 0.6 is 23.2 Å². The fraction of sp³-hybridized carbons (Fsp3) is 0.588.